The van der Waals surface area contributed by atoms with Crippen LogP contribution < -0.4 is 0 Å². The van der Waals surface area contributed by atoms with Gasteiger partial charge in [0.05, 0.1) is 5.69 Å². The first-order chi connectivity index (χ1) is 8.88. The number of aromatic nitrogens is 7. The Morgan fingerprint density at radius 3 is 2.72 bits per heavy atom. The zero-order valence-corrected chi connectivity index (χ0v) is 9.04. The Hall–Kier alpha value is -3.08. The van der Waals surface area contributed by atoms with E-state index in [4.69, 9.17) is 5.26 Å². The molecule has 86 valence electrons. The lowest BCUT2D eigenvalue weighted by atomic mass is 10.3. The minimum absolute atomic E-state index is 0.0672. The molecule has 0 radical (unpaired) electrons. The van der Waals surface area contributed by atoms with E-state index in [0.29, 0.717) is 5.95 Å². The lowest BCUT2D eigenvalue weighted by Gasteiger charge is -2.02. The molecule has 3 aromatic rings. The van der Waals surface area contributed by atoms with Crippen LogP contribution in [-0.2, 0) is 0 Å². The Morgan fingerprint density at radius 1 is 1.17 bits per heavy atom. The Bertz CT molecular complexity index is 705. The molecular formula is C10H6N8. The van der Waals surface area contributed by atoms with Crippen molar-refractivity contribution in [2.24, 2.45) is 0 Å². The molecule has 0 aliphatic rings. The van der Waals surface area contributed by atoms with E-state index in [1.165, 1.54) is 15.7 Å². The molecule has 0 saturated carbocycles. The predicted octanol–water partition coefficient (Wildman–Crippen LogP) is 0.115. The first-order valence-electron chi connectivity index (χ1n) is 5.04. The van der Waals surface area contributed by atoms with E-state index in [-0.39, 0.29) is 5.82 Å². The predicted molar refractivity (Wildman–Crippen MR) is 58.8 cm³/mol. The summed E-state index contributed by atoms with van der Waals surface area (Å²) in [7, 11) is 0. The summed E-state index contributed by atoms with van der Waals surface area (Å²) < 4.78 is 2.86. The third-order valence-electron chi connectivity index (χ3n) is 2.25. The van der Waals surface area contributed by atoms with Crippen LogP contribution in [-0.4, -0.2) is 35.0 Å². The van der Waals surface area contributed by atoms with Crippen LogP contribution in [0.4, 0.5) is 0 Å². The molecule has 3 rings (SSSR count). The van der Waals surface area contributed by atoms with Crippen molar-refractivity contribution >= 4 is 0 Å². The molecular weight excluding hydrogens is 232 g/mol. The number of para-hydroxylation sites is 1. The minimum atomic E-state index is 0.0672. The fourth-order valence-electron chi connectivity index (χ4n) is 1.47. The smallest absolute Gasteiger partial charge is 0.206 e. The van der Waals surface area contributed by atoms with Crippen molar-refractivity contribution in [1.29, 1.82) is 5.26 Å². The lowest BCUT2D eigenvalue weighted by molar-refractivity contribution is 0.738. The van der Waals surface area contributed by atoms with Crippen molar-refractivity contribution in [3.8, 4) is 17.7 Å². The minimum Gasteiger partial charge on any atom is -0.206 e. The summed E-state index contributed by atoms with van der Waals surface area (Å²) in [5.41, 5.74) is 0.798. The third kappa shape index (κ3) is 1.60. The van der Waals surface area contributed by atoms with E-state index in [0.717, 1.165) is 5.69 Å². The summed E-state index contributed by atoms with van der Waals surface area (Å²) in [6, 6.07) is 11.2. The van der Waals surface area contributed by atoms with Gasteiger partial charge in [-0.1, -0.05) is 23.3 Å². The number of nitrogens with zero attached hydrogens (tertiary/aromatic N) is 8. The summed E-state index contributed by atoms with van der Waals surface area (Å²) in [6.07, 6.45) is 1.39. The molecule has 0 unspecified atom stereocenters. The molecule has 1 aromatic carbocycles. The first kappa shape index (κ1) is 10.1. The summed E-state index contributed by atoms with van der Waals surface area (Å²) in [4.78, 5) is 3.81. The van der Waals surface area contributed by atoms with Gasteiger partial charge in [0.1, 0.15) is 12.4 Å². The second kappa shape index (κ2) is 4.06. The van der Waals surface area contributed by atoms with Gasteiger partial charge in [-0.3, -0.25) is 0 Å². The third-order valence-corrected chi connectivity index (χ3v) is 2.25. The van der Waals surface area contributed by atoms with Crippen LogP contribution in [0.1, 0.15) is 5.82 Å². The van der Waals surface area contributed by atoms with Crippen LogP contribution in [0.25, 0.3) is 11.6 Å². The van der Waals surface area contributed by atoms with Gasteiger partial charge in [-0.2, -0.15) is 14.6 Å². The van der Waals surface area contributed by atoms with E-state index in [1.807, 2.05) is 36.4 Å². The maximum atomic E-state index is 8.69. The molecule has 0 aliphatic heterocycles. The highest BCUT2D eigenvalue weighted by atomic mass is 15.6. The lowest BCUT2D eigenvalue weighted by Crippen LogP contribution is -2.07. The monoisotopic (exact) mass is 238 g/mol. The normalized spacial score (nSPS) is 10.2. The van der Waals surface area contributed by atoms with Crippen molar-refractivity contribution in [1.82, 2.24) is 35.0 Å². The highest BCUT2D eigenvalue weighted by molar-refractivity contribution is 5.33. The Kier molecular flexibility index (Phi) is 2.28. The van der Waals surface area contributed by atoms with Crippen molar-refractivity contribution in [3.05, 3.63) is 42.5 Å². The summed E-state index contributed by atoms with van der Waals surface area (Å²) >= 11 is 0. The van der Waals surface area contributed by atoms with E-state index < -0.39 is 0 Å². The van der Waals surface area contributed by atoms with E-state index in [9.17, 15) is 0 Å². The van der Waals surface area contributed by atoms with Crippen molar-refractivity contribution in [2.45, 2.75) is 0 Å². The van der Waals surface area contributed by atoms with Crippen LogP contribution in [0.15, 0.2) is 36.7 Å². The standard InChI is InChI=1S/C10H6N8/c11-6-9-12-7-17(14-9)10-13-15-16-18(10)8-4-2-1-3-5-8/h1-5,7H. The Morgan fingerprint density at radius 2 is 2.00 bits per heavy atom. The number of hydrogen-bond acceptors (Lipinski definition) is 6. The maximum Gasteiger partial charge on any atom is 0.276 e. The molecule has 0 fully saturated rings. The van der Waals surface area contributed by atoms with Crippen molar-refractivity contribution in [2.75, 3.05) is 0 Å². The number of rotatable bonds is 2. The Labute approximate surface area is 101 Å². The highest BCUT2D eigenvalue weighted by Crippen LogP contribution is 2.09. The molecule has 8 nitrogen and oxygen atoms in total. The fraction of sp³-hybridized carbons (Fsp3) is 0. The van der Waals surface area contributed by atoms with Crippen LogP contribution in [0.5, 0.6) is 0 Å². The molecule has 8 heteroatoms. The quantitative estimate of drug-likeness (QED) is 0.628. The average molecular weight is 238 g/mol. The average Bonchev–Trinajstić information content (AvgIpc) is 3.08. The molecule has 18 heavy (non-hydrogen) atoms. The summed E-state index contributed by atoms with van der Waals surface area (Å²) in [6.45, 7) is 0. The number of tetrazole rings is 1. The molecule has 2 aromatic heterocycles. The van der Waals surface area contributed by atoms with Gasteiger partial charge in [-0.25, -0.2) is 4.98 Å². The topological polar surface area (TPSA) is 98.1 Å². The maximum absolute atomic E-state index is 8.69. The zero-order chi connectivity index (χ0) is 12.4. The van der Waals surface area contributed by atoms with Gasteiger partial charge in [-0.15, -0.1) is 5.10 Å². The van der Waals surface area contributed by atoms with Gasteiger partial charge in [0.15, 0.2) is 0 Å². The number of hydrogen-bond donors (Lipinski definition) is 0. The van der Waals surface area contributed by atoms with Gasteiger partial charge in [0.2, 0.25) is 0 Å². The van der Waals surface area contributed by atoms with Gasteiger partial charge >= 0.3 is 0 Å². The molecule has 2 heterocycles. The van der Waals surface area contributed by atoms with Gasteiger partial charge in [-0.05, 0) is 22.6 Å². The number of nitriles is 1. The van der Waals surface area contributed by atoms with Crippen LogP contribution in [0, 0.1) is 11.3 Å². The molecule has 0 amide bonds. The van der Waals surface area contributed by atoms with Gasteiger partial charge in [0, 0.05) is 0 Å². The Balaban J connectivity index is 2.10. The molecule has 0 N–H and O–H groups in total. The summed E-state index contributed by atoms with van der Waals surface area (Å²) in [5, 5.41) is 24.0. The fourth-order valence-corrected chi connectivity index (χ4v) is 1.47. The molecule has 0 saturated heterocycles. The highest BCUT2D eigenvalue weighted by Gasteiger charge is 2.11. The first-order valence-corrected chi connectivity index (χ1v) is 5.04. The molecule has 0 aliphatic carbocycles. The zero-order valence-electron chi connectivity index (χ0n) is 9.04. The largest absolute Gasteiger partial charge is 0.276 e. The van der Waals surface area contributed by atoms with Crippen molar-refractivity contribution in [3.63, 3.8) is 0 Å². The van der Waals surface area contributed by atoms with Crippen molar-refractivity contribution < 1.29 is 0 Å². The van der Waals surface area contributed by atoms with Gasteiger partial charge in [0.25, 0.3) is 11.8 Å². The van der Waals surface area contributed by atoms with Crippen LogP contribution in [0.3, 0.4) is 0 Å². The van der Waals surface area contributed by atoms with Crippen LogP contribution in [0.2, 0.25) is 0 Å². The SMILES string of the molecule is N#Cc1ncn(-c2nnnn2-c2ccccc2)n1. The molecule has 0 atom stereocenters. The summed E-state index contributed by atoms with van der Waals surface area (Å²) in [5.74, 6) is 0.438. The second-order valence-corrected chi connectivity index (χ2v) is 3.35. The second-order valence-electron chi connectivity index (χ2n) is 3.35. The number of benzene rings is 1. The van der Waals surface area contributed by atoms with Gasteiger partial charge < -0.3 is 0 Å². The molecule has 0 bridgehead atoms. The van der Waals surface area contributed by atoms with E-state index >= 15 is 0 Å². The van der Waals surface area contributed by atoms with E-state index in [1.54, 1.807) is 0 Å². The van der Waals surface area contributed by atoms with Crippen LogP contribution >= 0.6 is 0 Å². The molecule has 0 spiro atoms. The van der Waals surface area contributed by atoms with E-state index in [2.05, 4.69) is 25.6 Å².